The number of benzene rings is 2. The second kappa shape index (κ2) is 9.59. The maximum Gasteiger partial charge on any atom is 0.245 e. The number of hydrogen-bond acceptors (Lipinski definition) is 3. The number of carbonyl (C=O) groups excluding carboxylic acids is 2. The van der Waals surface area contributed by atoms with Gasteiger partial charge >= 0.3 is 0 Å². The molecule has 1 N–H and O–H groups in total. The van der Waals surface area contributed by atoms with E-state index in [1.54, 1.807) is 7.11 Å². The van der Waals surface area contributed by atoms with Crippen LogP contribution < -0.4 is 10.1 Å². The molecule has 1 heterocycles. The zero-order valence-electron chi connectivity index (χ0n) is 17.5. The minimum atomic E-state index is -0.497. The number of methoxy groups -OCH3 is 1. The van der Waals surface area contributed by atoms with Gasteiger partial charge in [0.1, 0.15) is 11.8 Å². The van der Waals surface area contributed by atoms with Gasteiger partial charge in [0.2, 0.25) is 11.8 Å². The van der Waals surface area contributed by atoms with E-state index in [1.165, 1.54) is 11.1 Å². The van der Waals surface area contributed by atoms with E-state index in [0.717, 1.165) is 17.7 Å². The zero-order chi connectivity index (χ0) is 20.8. The van der Waals surface area contributed by atoms with Crippen molar-refractivity contribution in [1.82, 2.24) is 10.2 Å². The molecule has 0 bridgehead atoms. The molecular weight excluding hydrogens is 364 g/mol. The number of amides is 2. The third-order valence-electron chi connectivity index (χ3n) is 5.49. The smallest absolute Gasteiger partial charge is 0.245 e. The number of nitrogens with zero attached hydrogens (tertiary/aromatic N) is 1. The molecule has 0 fully saturated rings. The fourth-order valence-corrected chi connectivity index (χ4v) is 3.69. The molecule has 154 valence electrons. The van der Waals surface area contributed by atoms with E-state index in [9.17, 15) is 9.59 Å². The molecule has 1 aliphatic rings. The van der Waals surface area contributed by atoms with Crippen LogP contribution in [0.1, 0.15) is 37.0 Å². The summed E-state index contributed by atoms with van der Waals surface area (Å²) < 4.78 is 5.16. The summed E-state index contributed by atoms with van der Waals surface area (Å²) in [5.41, 5.74) is 3.57. The second-order valence-corrected chi connectivity index (χ2v) is 7.92. The van der Waals surface area contributed by atoms with Crippen molar-refractivity contribution in [2.24, 2.45) is 5.92 Å². The first kappa shape index (κ1) is 20.9. The lowest BCUT2D eigenvalue weighted by molar-refractivity contribution is -0.138. The molecule has 29 heavy (non-hydrogen) atoms. The molecule has 0 saturated heterocycles. The molecule has 0 radical (unpaired) electrons. The Morgan fingerprint density at radius 1 is 1.07 bits per heavy atom. The highest BCUT2D eigenvalue weighted by Crippen LogP contribution is 2.20. The first-order valence-electron chi connectivity index (χ1n) is 10.3. The lowest BCUT2D eigenvalue weighted by atomic mass is 9.97. The number of rotatable bonds is 7. The molecule has 0 spiro atoms. The van der Waals surface area contributed by atoms with Crippen LogP contribution in [0.5, 0.6) is 5.75 Å². The quantitative estimate of drug-likeness (QED) is 0.783. The van der Waals surface area contributed by atoms with Gasteiger partial charge in [0.15, 0.2) is 0 Å². The Kier molecular flexibility index (Phi) is 6.91. The Morgan fingerprint density at radius 3 is 2.41 bits per heavy atom. The lowest BCUT2D eigenvalue weighted by Gasteiger charge is -2.33. The molecule has 3 rings (SSSR count). The number of hydrogen-bond donors (Lipinski definition) is 1. The van der Waals surface area contributed by atoms with Crippen LogP contribution in [0.2, 0.25) is 0 Å². The standard InChI is InChI=1S/C24H30N2O3/c1-17(2)23(24(28)26-15-14-19-6-4-5-7-20(19)16-26)25-22(27)13-10-18-8-11-21(29-3)12-9-18/h4-9,11-12,17,23H,10,13-16H2,1-3H3,(H,25,27)/t23-/m0/s1. The molecule has 0 aromatic heterocycles. The molecule has 0 saturated carbocycles. The third kappa shape index (κ3) is 5.37. The maximum atomic E-state index is 13.1. The predicted octanol–water partition coefficient (Wildman–Crippen LogP) is 3.35. The predicted molar refractivity (Wildman–Crippen MR) is 114 cm³/mol. The van der Waals surface area contributed by atoms with Crippen LogP contribution in [0.3, 0.4) is 0 Å². The first-order valence-corrected chi connectivity index (χ1v) is 10.3. The Labute approximate surface area is 173 Å². The highest BCUT2D eigenvalue weighted by atomic mass is 16.5. The van der Waals surface area contributed by atoms with E-state index in [1.807, 2.05) is 55.1 Å². The van der Waals surface area contributed by atoms with Gasteiger partial charge in [-0.25, -0.2) is 0 Å². The van der Waals surface area contributed by atoms with Gasteiger partial charge in [0.05, 0.1) is 7.11 Å². The Bertz CT molecular complexity index is 845. The fourth-order valence-electron chi connectivity index (χ4n) is 3.69. The number of carbonyl (C=O) groups is 2. The van der Waals surface area contributed by atoms with Gasteiger partial charge < -0.3 is 15.0 Å². The van der Waals surface area contributed by atoms with Gasteiger partial charge in [-0.3, -0.25) is 9.59 Å². The third-order valence-corrected chi connectivity index (χ3v) is 5.49. The number of aryl methyl sites for hydroxylation is 1. The van der Waals surface area contributed by atoms with Crippen molar-refractivity contribution in [3.05, 3.63) is 65.2 Å². The Morgan fingerprint density at radius 2 is 1.76 bits per heavy atom. The molecular formula is C24H30N2O3. The van der Waals surface area contributed by atoms with Crippen molar-refractivity contribution >= 4 is 11.8 Å². The molecule has 5 nitrogen and oxygen atoms in total. The van der Waals surface area contributed by atoms with E-state index in [2.05, 4.69) is 17.4 Å². The van der Waals surface area contributed by atoms with Crippen molar-refractivity contribution in [3.8, 4) is 5.75 Å². The van der Waals surface area contributed by atoms with E-state index in [4.69, 9.17) is 4.74 Å². The summed E-state index contributed by atoms with van der Waals surface area (Å²) >= 11 is 0. The zero-order valence-corrected chi connectivity index (χ0v) is 17.5. The van der Waals surface area contributed by atoms with Crippen LogP contribution in [0.15, 0.2) is 48.5 Å². The van der Waals surface area contributed by atoms with Crippen molar-refractivity contribution in [3.63, 3.8) is 0 Å². The average molecular weight is 395 g/mol. The molecule has 1 atom stereocenters. The fraction of sp³-hybridized carbons (Fsp3) is 0.417. The number of nitrogens with one attached hydrogen (secondary N) is 1. The molecule has 5 heteroatoms. The largest absolute Gasteiger partial charge is 0.497 e. The van der Waals surface area contributed by atoms with Crippen LogP contribution in [0, 0.1) is 5.92 Å². The highest BCUT2D eigenvalue weighted by Gasteiger charge is 2.30. The summed E-state index contributed by atoms with van der Waals surface area (Å²) in [5, 5.41) is 2.98. The minimum Gasteiger partial charge on any atom is -0.497 e. The van der Waals surface area contributed by atoms with E-state index >= 15 is 0 Å². The van der Waals surface area contributed by atoms with Crippen molar-refractivity contribution in [1.29, 1.82) is 0 Å². The van der Waals surface area contributed by atoms with Gasteiger partial charge in [-0.2, -0.15) is 0 Å². The minimum absolute atomic E-state index is 0.00676. The summed E-state index contributed by atoms with van der Waals surface area (Å²) in [7, 11) is 1.63. The Hall–Kier alpha value is -2.82. The molecule has 0 aliphatic carbocycles. The van der Waals surface area contributed by atoms with Crippen molar-refractivity contribution in [2.45, 2.75) is 45.7 Å². The molecule has 2 aromatic carbocycles. The summed E-state index contributed by atoms with van der Waals surface area (Å²) in [6.07, 6.45) is 1.84. The highest BCUT2D eigenvalue weighted by molar-refractivity contribution is 5.88. The topological polar surface area (TPSA) is 58.6 Å². The van der Waals surface area contributed by atoms with E-state index < -0.39 is 6.04 Å². The number of fused-ring (bicyclic) bond motifs is 1. The monoisotopic (exact) mass is 394 g/mol. The van der Waals surface area contributed by atoms with Crippen LogP contribution in [-0.2, 0) is 29.0 Å². The average Bonchev–Trinajstić information content (AvgIpc) is 2.75. The first-order chi connectivity index (χ1) is 14.0. The van der Waals surface area contributed by atoms with Gasteiger partial charge in [0, 0.05) is 19.5 Å². The van der Waals surface area contributed by atoms with E-state index in [-0.39, 0.29) is 17.7 Å². The number of ether oxygens (including phenoxy) is 1. The molecule has 1 aliphatic heterocycles. The Balaban J connectivity index is 1.57. The van der Waals surface area contributed by atoms with Crippen LogP contribution >= 0.6 is 0 Å². The van der Waals surface area contributed by atoms with Gasteiger partial charge in [0.25, 0.3) is 0 Å². The van der Waals surface area contributed by atoms with Gasteiger partial charge in [-0.15, -0.1) is 0 Å². The molecule has 0 unspecified atom stereocenters. The lowest BCUT2D eigenvalue weighted by Crippen LogP contribution is -2.52. The molecule has 2 aromatic rings. The second-order valence-electron chi connectivity index (χ2n) is 7.92. The summed E-state index contributed by atoms with van der Waals surface area (Å²) in [6.45, 7) is 5.26. The van der Waals surface area contributed by atoms with Crippen LogP contribution in [-0.4, -0.2) is 36.4 Å². The van der Waals surface area contributed by atoms with Gasteiger partial charge in [-0.1, -0.05) is 50.2 Å². The SMILES string of the molecule is COc1ccc(CCC(=O)N[C@H](C(=O)N2CCc3ccccc3C2)C(C)C)cc1. The molecule has 2 amide bonds. The van der Waals surface area contributed by atoms with Crippen LogP contribution in [0.25, 0.3) is 0 Å². The van der Waals surface area contributed by atoms with Crippen LogP contribution in [0.4, 0.5) is 0 Å². The van der Waals surface area contributed by atoms with Crippen molar-refractivity contribution in [2.75, 3.05) is 13.7 Å². The van der Waals surface area contributed by atoms with E-state index in [0.29, 0.717) is 25.9 Å². The van der Waals surface area contributed by atoms with Crippen molar-refractivity contribution < 1.29 is 14.3 Å². The summed E-state index contributed by atoms with van der Waals surface area (Å²) in [4.78, 5) is 27.5. The summed E-state index contributed by atoms with van der Waals surface area (Å²) in [5.74, 6) is 0.744. The normalized spacial score (nSPS) is 14.3. The summed E-state index contributed by atoms with van der Waals surface area (Å²) in [6, 6.07) is 15.5. The van der Waals surface area contributed by atoms with Gasteiger partial charge in [-0.05, 0) is 47.6 Å². The maximum absolute atomic E-state index is 13.1.